The van der Waals surface area contributed by atoms with Crippen LogP contribution in [0, 0.1) is 5.92 Å². The van der Waals surface area contributed by atoms with E-state index in [-0.39, 0.29) is 30.6 Å². The van der Waals surface area contributed by atoms with Gasteiger partial charge in [0.2, 0.25) is 11.8 Å². The highest BCUT2D eigenvalue weighted by atomic mass is 35.5. The van der Waals surface area contributed by atoms with Crippen molar-refractivity contribution in [3.63, 3.8) is 0 Å². The van der Waals surface area contributed by atoms with Crippen molar-refractivity contribution in [3.8, 4) is 16.9 Å². The number of carbonyl (C=O) groups is 2. The Kier molecular flexibility index (Phi) is 6.69. The largest absolute Gasteiger partial charge is 0.486 e. The van der Waals surface area contributed by atoms with Crippen LogP contribution in [0.2, 0.25) is 5.02 Å². The normalized spacial score (nSPS) is 18.2. The van der Waals surface area contributed by atoms with Crippen LogP contribution in [0.4, 0.5) is 14.6 Å². The Bertz CT molecular complexity index is 1370. The lowest BCUT2D eigenvalue weighted by molar-refractivity contribution is -0.116. The number of alkyl halides is 2. The number of carbonyl (C=O) groups excluding carboxylic acids is 2. The summed E-state index contributed by atoms with van der Waals surface area (Å²) >= 11 is 6.49. The number of nitrogen functional groups attached to an aromatic ring is 1. The van der Waals surface area contributed by atoms with Gasteiger partial charge in [0.15, 0.2) is 5.78 Å². The number of aromatic nitrogens is 1. The number of hydrogen-bond acceptors (Lipinski definition) is 5. The maximum Gasteiger partial charge on any atom is 0.249 e. The summed E-state index contributed by atoms with van der Waals surface area (Å²) in [6.45, 7) is 0.306. The number of nitrogens with one attached hydrogen (secondary N) is 1. The minimum Gasteiger partial charge on any atom is -0.486 e. The van der Waals surface area contributed by atoms with Gasteiger partial charge in [0, 0.05) is 48.6 Å². The molecule has 3 aromatic rings. The van der Waals surface area contributed by atoms with Crippen molar-refractivity contribution in [2.75, 3.05) is 12.3 Å². The number of ketones is 1. The molecule has 1 amide bonds. The second kappa shape index (κ2) is 9.94. The molecule has 1 saturated carbocycles. The molecule has 2 aromatic carbocycles. The smallest absolute Gasteiger partial charge is 0.249 e. The molecule has 190 valence electrons. The first-order valence-corrected chi connectivity index (χ1v) is 12.2. The van der Waals surface area contributed by atoms with E-state index < -0.39 is 11.8 Å². The second-order valence-electron chi connectivity index (χ2n) is 9.39. The number of anilines is 1. The van der Waals surface area contributed by atoms with Gasteiger partial charge in [-0.1, -0.05) is 35.9 Å². The number of Topliss-reactive ketones (excluding diaryl/α,β-unsaturated/α-hetero) is 1. The predicted octanol–water partition coefficient (Wildman–Crippen LogP) is 5.35. The summed E-state index contributed by atoms with van der Waals surface area (Å²) in [6.07, 6.45) is 4.19. The first kappa shape index (κ1) is 24.9. The fourth-order valence-electron chi connectivity index (χ4n) is 4.54. The Morgan fingerprint density at radius 1 is 1.14 bits per heavy atom. The Labute approximate surface area is 217 Å². The molecule has 0 spiro atoms. The molecule has 3 N–H and O–H groups in total. The van der Waals surface area contributed by atoms with Gasteiger partial charge in [0.1, 0.15) is 17.7 Å². The van der Waals surface area contributed by atoms with Crippen molar-refractivity contribution in [2.45, 2.75) is 31.3 Å². The molecule has 1 aliphatic carbocycles. The lowest BCUT2D eigenvalue weighted by Gasteiger charge is -2.33. The van der Waals surface area contributed by atoms with Crippen molar-refractivity contribution in [2.24, 2.45) is 5.92 Å². The van der Waals surface area contributed by atoms with Gasteiger partial charge in [-0.25, -0.2) is 13.8 Å². The highest BCUT2D eigenvalue weighted by molar-refractivity contribution is 6.32. The number of amides is 1. The first-order chi connectivity index (χ1) is 17.7. The van der Waals surface area contributed by atoms with Crippen molar-refractivity contribution in [3.05, 3.63) is 82.5 Å². The quantitative estimate of drug-likeness (QED) is 0.322. The van der Waals surface area contributed by atoms with Crippen LogP contribution in [-0.4, -0.2) is 35.2 Å². The van der Waals surface area contributed by atoms with Crippen molar-refractivity contribution < 1.29 is 23.1 Å². The number of rotatable bonds is 7. The van der Waals surface area contributed by atoms with Gasteiger partial charge in [-0.3, -0.25) is 9.59 Å². The molecule has 37 heavy (non-hydrogen) atoms. The number of nitrogens with two attached hydrogens (primary N) is 1. The third-order valence-electron chi connectivity index (χ3n) is 6.56. The molecule has 2 aliphatic rings. The Morgan fingerprint density at radius 3 is 2.57 bits per heavy atom. The van der Waals surface area contributed by atoms with E-state index in [1.54, 1.807) is 54.7 Å². The Morgan fingerprint density at radius 2 is 1.89 bits per heavy atom. The maximum atomic E-state index is 13.1. The Balaban J connectivity index is 1.19. The average molecular weight is 524 g/mol. The summed E-state index contributed by atoms with van der Waals surface area (Å²) in [6, 6.07) is 14.1. The highest BCUT2D eigenvalue weighted by Gasteiger charge is 2.48. The summed E-state index contributed by atoms with van der Waals surface area (Å²) in [5.74, 6) is -2.85. The van der Waals surface area contributed by atoms with E-state index >= 15 is 0 Å². The van der Waals surface area contributed by atoms with Crippen LogP contribution in [-0.2, 0) is 11.2 Å². The van der Waals surface area contributed by atoms with E-state index in [0.29, 0.717) is 35.1 Å². The number of halogens is 3. The van der Waals surface area contributed by atoms with Crippen LogP contribution >= 0.6 is 11.6 Å². The van der Waals surface area contributed by atoms with Gasteiger partial charge in [-0.05, 0) is 47.0 Å². The average Bonchev–Trinajstić information content (AvgIpc) is 3.29. The van der Waals surface area contributed by atoms with Crippen LogP contribution in [0.15, 0.2) is 60.8 Å². The van der Waals surface area contributed by atoms with Gasteiger partial charge in [0.05, 0.1) is 11.6 Å². The number of hydrogen-bond donors (Lipinski definition) is 2. The van der Waals surface area contributed by atoms with E-state index in [9.17, 15) is 18.4 Å². The number of nitrogens with zero attached hydrogens (tertiary/aromatic N) is 1. The SMILES string of the molecule is Nc1ccc(C=CC(=O)NCC2Cc3cc(-c4ccc(C(=O)C5CC(F)(F)C5)cc4)cc(Cl)c3O2)cn1. The molecule has 1 atom stereocenters. The van der Waals surface area contributed by atoms with Crippen LogP contribution in [0.25, 0.3) is 17.2 Å². The molecule has 0 saturated heterocycles. The molecule has 1 aliphatic heterocycles. The molecule has 1 aromatic heterocycles. The minimum atomic E-state index is -2.73. The maximum absolute atomic E-state index is 13.1. The summed E-state index contributed by atoms with van der Waals surface area (Å²) in [5, 5.41) is 3.28. The third-order valence-corrected chi connectivity index (χ3v) is 6.84. The van der Waals surface area contributed by atoms with Crippen LogP contribution in [0.5, 0.6) is 5.75 Å². The molecule has 5 rings (SSSR count). The molecule has 6 nitrogen and oxygen atoms in total. The zero-order chi connectivity index (χ0) is 26.2. The van der Waals surface area contributed by atoms with Crippen LogP contribution < -0.4 is 15.8 Å². The molecule has 9 heteroatoms. The summed E-state index contributed by atoms with van der Waals surface area (Å²) in [7, 11) is 0. The van der Waals surface area contributed by atoms with Gasteiger partial charge < -0.3 is 15.8 Å². The molecule has 0 bridgehead atoms. The highest BCUT2D eigenvalue weighted by Crippen LogP contribution is 2.44. The van der Waals surface area contributed by atoms with Crippen LogP contribution in [0.1, 0.15) is 34.3 Å². The zero-order valence-electron chi connectivity index (χ0n) is 19.7. The van der Waals surface area contributed by atoms with Gasteiger partial charge >= 0.3 is 0 Å². The van der Waals surface area contributed by atoms with E-state index in [1.807, 2.05) is 6.07 Å². The fraction of sp³-hybridized carbons (Fsp3) is 0.250. The first-order valence-electron chi connectivity index (χ1n) is 11.9. The van der Waals surface area contributed by atoms with E-state index in [1.165, 1.54) is 6.08 Å². The predicted molar refractivity (Wildman–Crippen MR) is 138 cm³/mol. The lowest BCUT2D eigenvalue weighted by atomic mass is 9.76. The molecule has 1 unspecified atom stereocenters. The summed E-state index contributed by atoms with van der Waals surface area (Å²) < 4.78 is 32.2. The zero-order valence-corrected chi connectivity index (χ0v) is 20.5. The molecule has 1 fully saturated rings. The number of benzene rings is 2. The summed E-state index contributed by atoms with van der Waals surface area (Å²) in [4.78, 5) is 28.6. The van der Waals surface area contributed by atoms with Crippen molar-refractivity contribution >= 4 is 35.2 Å². The fourth-order valence-corrected chi connectivity index (χ4v) is 4.82. The van der Waals surface area contributed by atoms with E-state index in [4.69, 9.17) is 22.1 Å². The van der Waals surface area contributed by atoms with E-state index in [2.05, 4.69) is 10.3 Å². The molecular weight excluding hydrogens is 500 g/mol. The summed E-state index contributed by atoms with van der Waals surface area (Å²) in [5.41, 5.74) is 9.36. The second-order valence-corrected chi connectivity index (χ2v) is 9.80. The Hall–Kier alpha value is -3.78. The van der Waals surface area contributed by atoms with Crippen molar-refractivity contribution in [1.82, 2.24) is 10.3 Å². The van der Waals surface area contributed by atoms with Crippen molar-refractivity contribution in [1.29, 1.82) is 0 Å². The standard InChI is InChI=1S/C28H24ClF2N3O3/c29-23-11-19(17-3-5-18(6-4-17)26(36)21-12-28(30,31)13-21)9-20-10-22(37-27(20)23)15-34-25(35)8-2-16-1-7-24(32)33-14-16/h1-9,11,14,21-22H,10,12-13,15H2,(H2,32,33)(H,34,35). The van der Waals surface area contributed by atoms with Gasteiger partial charge in [-0.2, -0.15) is 0 Å². The number of ether oxygens (including phenoxy) is 1. The third kappa shape index (κ3) is 5.64. The van der Waals surface area contributed by atoms with Gasteiger partial charge in [0.25, 0.3) is 0 Å². The molecular formula is C28H24ClF2N3O3. The number of pyridine rings is 1. The van der Waals surface area contributed by atoms with Crippen LogP contribution in [0.3, 0.4) is 0 Å². The number of fused-ring (bicyclic) bond motifs is 1. The topological polar surface area (TPSA) is 94.3 Å². The monoisotopic (exact) mass is 523 g/mol. The lowest BCUT2D eigenvalue weighted by Crippen LogP contribution is -2.39. The van der Waals surface area contributed by atoms with Gasteiger partial charge in [-0.15, -0.1) is 0 Å². The molecule has 2 heterocycles. The molecule has 0 radical (unpaired) electrons. The minimum absolute atomic E-state index is 0.247. The van der Waals surface area contributed by atoms with E-state index in [0.717, 1.165) is 22.3 Å².